The molecule has 0 aliphatic rings. The van der Waals surface area contributed by atoms with Crippen LogP contribution < -0.4 is 14.8 Å². The lowest BCUT2D eigenvalue weighted by atomic mass is 10.1. The molecule has 0 unspecified atom stereocenters. The number of carbonyl (C=O) groups excluding carboxylic acids is 1. The number of benzene rings is 2. The maximum atomic E-state index is 13.6. The third-order valence-corrected chi connectivity index (χ3v) is 3.14. The van der Waals surface area contributed by atoms with Crippen molar-refractivity contribution < 1.29 is 18.7 Å². The highest BCUT2D eigenvalue weighted by Crippen LogP contribution is 2.28. The Morgan fingerprint density at radius 2 is 2.00 bits per heavy atom. The van der Waals surface area contributed by atoms with E-state index in [2.05, 4.69) is 5.32 Å². The van der Waals surface area contributed by atoms with Gasteiger partial charge in [0.1, 0.15) is 5.82 Å². The van der Waals surface area contributed by atoms with Gasteiger partial charge in [0, 0.05) is 10.6 Å². The molecule has 116 valence electrons. The Morgan fingerprint density at radius 3 is 2.68 bits per heavy atom. The Bertz CT molecular complexity index is 691. The molecule has 6 heteroatoms. The van der Waals surface area contributed by atoms with Crippen molar-refractivity contribution in [2.75, 3.05) is 19.0 Å². The summed E-state index contributed by atoms with van der Waals surface area (Å²) in [5.41, 5.74) is 0.338. The van der Waals surface area contributed by atoms with Crippen LogP contribution in [0.15, 0.2) is 36.4 Å². The van der Waals surface area contributed by atoms with Crippen LogP contribution in [0.2, 0.25) is 5.02 Å². The van der Waals surface area contributed by atoms with Gasteiger partial charge in [-0.05, 0) is 43.3 Å². The van der Waals surface area contributed by atoms with E-state index in [0.29, 0.717) is 28.7 Å². The standard InChI is InChI=1S/C16H15ClFNO3/c1-3-22-14-7-4-10(8-15(14)21-2)16(20)19-13-9-11(17)5-6-12(13)18/h4-9H,3H2,1-2H3,(H,19,20). The number of methoxy groups -OCH3 is 1. The van der Waals surface area contributed by atoms with Crippen molar-refractivity contribution in [1.29, 1.82) is 0 Å². The molecule has 2 aromatic rings. The van der Waals surface area contributed by atoms with Crippen LogP contribution in [0.25, 0.3) is 0 Å². The van der Waals surface area contributed by atoms with E-state index < -0.39 is 11.7 Å². The summed E-state index contributed by atoms with van der Waals surface area (Å²) in [5, 5.41) is 2.81. The smallest absolute Gasteiger partial charge is 0.255 e. The number of hydrogen-bond donors (Lipinski definition) is 1. The first-order valence-corrected chi connectivity index (χ1v) is 7.00. The molecule has 0 atom stereocenters. The van der Waals surface area contributed by atoms with Gasteiger partial charge < -0.3 is 14.8 Å². The Morgan fingerprint density at radius 1 is 1.23 bits per heavy atom. The number of amides is 1. The minimum Gasteiger partial charge on any atom is -0.493 e. The molecule has 1 amide bonds. The predicted octanol–water partition coefficient (Wildman–Crippen LogP) is 4.14. The van der Waals surface area contributed by atoms with Crippen LogP contribution in [0.1, 0.15) is 17.3 Å². The molecule has 0 aromatic heterocycles. The van der Waals surface area contributed by atoms with Gasteiger partial charge in [-0.15, -0.1) is 0 Å². The van der Waals surface area contributed by atoms with Gasteiger partial charge in [-0.3, -0.25) is 4.79 Å². The average Bonchev–Trinajstić information content (AvgIpc) is 2.51. The monoisotopic (exact) mass is 323 g/mol. The Balaban J connectivity index is 2.24. The number of carbonyl (C=O) groups is 1. The first-order valence-electron chi connectivity index (χ1n) is 6.62. The van der Waals surface area contributed by atoms with Gasteiger partial charge in [-0.1, -0.05) is 11.6 Å². The molecule has 0 aliphatic carbocycles. The van der Waals surface area contributed by atoms with E-state index in [1.165, 1.54) is 31.4 Å². The SMILES string of the molecule is CCOc1ccc(C(=O)Nc2cc(Cl)ccc2F)cc1OC. The van der Waals surface area contributed by atoms with Gasteiger partial charge in [-0.2, -0.15) is 0 Å². The van der Waals surface area contributed by atoms with Crippen molar-refractivity contribution in [3.05, 3.63) is 52.8 Å². The molecular formula is C16H15ClFNO3. The zero-order valence-corrected chi connectivity index (χ0v) is 12.9. The minimum absolute atomic E-state index is 0.0188. The molecule has 0 heterocycles. The van der Waals surface area contributed by atoms with Gasteiger partial charge in [0.15, 0.2) is 11.5 Å². The number of anilines is 1. The number of nitrogens with one attached hydrogen (secondary N) is 1. The lowest BCUT2D eigenvalue weighted by molar-refractivity contribution is 0.102. The van der Waals surface area contributed by atoms with Crippen molar-refractivity contribution in [3.63, 3.8) is 0 Å². The highest BCUT2D eigenvalue weighted by atomic mass is 35.5. The maximum absolute atomic E-state index is 13.6. The van der Waals surface area contributed by atoms with E-state index in [9.17, 15) is 9.18 Å². The van der Waals surface area contributed by atoms with E-state index in [1.807, 2.05) is 6.92 Å². The average molecular weight is 324 g/mol. The lowest BCUT2D eigenvalue weighted by Gasteiger charge is -2.11. The number of ether oxygens (including phenoxy) is 2. The van der Waals surface area contributed by atoms with Crippen LogP contribution >= 0.6 is 11.6 Å². The van der Waals surface area contributed by atoms with Crippen LogP contribution in [0.5, 0.6) is 11.5 Å². The fourth-order valence-electron chi connectivity index (χ4n) is 1.87. The molecule has 2 aromatic carbocycles. The van der Waals surface area contributed by atoms with Crippen molar-refractivity contribution in [1.82, 2.24) is 0 Å². The molecule has 4 nitrogen and oxygen atoms in total. The zero-order valence-electron chi connectivity index (χ0n) is 12.2. The van der Waals surface area contributed by atoms with Crippen LogP contribution in [0.3, 0.4) is 0 Å². The van der Waals surface area contributed by atoms with Crippen molar-refractivity contribution in [2.45, 2.75) is 6.92 Å². The first kappa shape index (κ1) is 16.1. The molecule has 0 saturated carbocycles. The fraction of sp³-hybridized carbons (Fsp3) is 0.188. The number of hydrogen-bond acceptors (Lipinski definition) is 3. The van der Waals surface area contributed by atoms with Gasteiger partial charge in [0.05, 0.1) is 19.4 Å². The molecule has 22 heavy (non-hydrogen) atoms. The first-order chi connectivity index (χ1) is 10.5. The van der Waals surface area contributed by atoms with Crippen molar-refractivity contribution >= 4 is 23.2 Å². The third kappa shape index (κ3) is 3.68. The van der Waals surface area contributed by atoms with Gasteiger partial charge in [0.2, 0.25) is 0 Å². The summed E-state index contributed by atoms with van der Waals surface area (Å²) in [6.07, 6.45) is 0. The van der Waals surface area contributed by atoms with E-state index in [-0.39, 0.29) is 5.69 Å². The van der Waals surface area contributed by atoms with Crippen LogP contribution in [0.4, 0.5) is 10.1 Å². The Hall–Kier alpha value is -2.27. The molecule has 0 radical (unpaired) electrons. The summed E-state index contributed by atoms with van der Waals surface area (Å²) in [4.78, 5) is 12.2. The number of halogens is 2. The summed E-state index contributed by atoms with van der Waals surface area (Å²) in [6, 6.07) is 8.68. The van der Waals surface area contributed by atoms with Crippen molar-refractivity contribution in [2.24, 2.45) is 0 Å². The summed E-state index contributed by atoms with van der Waals surface area (Å²) < 4.78 is 24.2. The van der Waals surface area contributed by atoms with E-state index >= 15 is 0 Å². The minimum atomic E-state index is -0.560. The molecule has 0 saturated heterocycles. The zero-order chi connectivity index (χ0) is 16.1. The van der Waals surface area contributed by atoms with Crippen LogP contribution in [-0.2, 0) is 0 Å². The third-order valence-electron chi connectivity index (χ3n) is 2.90. The highest BCUT2D eigenvalue weighted by Gasteiger charge is 2.13. The molecule has 2 rings (SSSR count). The highest BCUT2D eigenvalue weighted by molar-refractivity contribution is 6.31. The molecule has 0 bridgehead atoms. The largest absolute Gasteiger partial charge is 0.493 e. The predicted molar refractivity (Wildman–Crippen MR) is 83.5 cm³/mol. The van der Waals surface area contributed by atoms with E-state index in [1.54, 1.807) is 12.1 Å². The van der Waals surface area contributed by atoms with E-state index in [4.69, 9.17) is 21.1 Å². The second-order valence-electron chi connectivity index (χ2n) is 4.38. The second kappa shape index (κ2) is 7.13. The van der Waals surface area contributed by atoms with Crippen LogP contribution in [-0.4, -0.2) is 19.6 Å². The quantitative estimate of drug-likeness (QED) is 0.899. The summed E-state index contributed by atoms with van der Waals surface area (Å²) >= 11 is 5.80. The maximum Gasteiger partial charge on any atom is 0.255 e. The summed E-state index contributed by atoms with van der Waals surface area (Å²) in [6.45, 7) is 2.33. The number of rotatable bonds is 5. The molecule has 0 aliphatic heterocycles. The lowest BCUT2D eigenvalue weighted by Crippen LogP contribution is -2.13. The fourth-order valence-corrected chi connectivity index (χ4v) is 2.04. The Labute approximate surface area is 132 Å². The second-order valence-corrected chi connectivity index (χ2v) is 4.81. The van der Waals surface area contributed by atoms with Gasteiger partial charge in [0.25, 0.3) is 5.91 Å². The summed E-state index contributed by atoms with van der Waals surface area (Å²) in [7, 11) is 1.48. The van der Waals surface area contributed by atoms with E-state index in [0.717, 1.165) is 0 Å². The topological polar surface area (TPSA) is 47.6 Å². The van der Waals surface area contributed by atoms with Gasteiger partial charge in [-0.25, -0.2) is 4.39 Å². The molecule has 0 fully saturated rings. The summed E-state index contributed by atoms with van der Waals surface area (Å²) in [5.74, 6) is -0.0604. The normalized spacial score (nSPS) is 10.2. The molecule has 0 spiro atoms. The molecule has 1 N–H and O–H groups in total. The Kier molecular flexibility index (Phi) is 5.22. The van der Waals surface area contributed by atoms with Crippen molar-refractivity contribution in [3.8, 4) is 11.5 Å². The van der Waals surface area contributed by atoms with Gasteiger partial charge >= 0.3 is 0 Å². The van der Waals surface area contributed by atoms with Crippen LogP contribution in [0, 0.1) is 5.82 Å². The molecular weight excluding hydrogens is 309 g/mol.